The van der Waals surface area contributed by atoms with Gasteiger partial charge in [-0.05, 0) is 19.1 Å². The molecule has 0 aliphatic heterocycles. The van der Waals surface area contributed by atoms with E-state index in [0.717, 1.165) is 11.3 Å². The molecule has 0 spiro atoms. The average Bonchev–Trinajstić information content (AvgIpc) is 2.37. The standard InChI is InChI=1S/C9H9ClS/c1-8-5-6-9(11-8)4-2-3-7-10/h5-6H,3,7H2,1H3. The van der Waals surface area contributed by atoms with Crippen molar-refractivity contribution in [2.24, 2.45) is 0 Å². The van der Waals surface area contributed by atoms with E-state index in [0.29, 0.717) is 5.88 Å². The number of hydrogen-bond donors (Lipinski definition) is 0. The fourth-order valence-corrected chi connectivity index (χ4v) is 1.54. The lowest BCUT2D eigenvalue weighted by molar-refractivity contribution is 1.29. The number of aryl methyl sites for hydroxylation is 1. The first kappa shape index (κ1) is 8.64. The summed E-state index contributed by atoms with van der Waals surface area (Å²) >= 11 is 7.20. The van der Waals surface area contributed by atoms with Gasteiger partial charge in [0.15, 0.2) is 0 Å². The molecule has 1 heterocycles. The van der Waals surface area contributed by atoms with Crippen molar-refractivity contribution in [2.75, 3.05) is 5.88 Å². The number of alkyl halides is 1. The van der Waals surface area contributed by atoms with Gasteiger partial charge in [-0.15, -0.1) is 22.9 Å². The van der Waals surface area contributed by atoms with Crippen LogP contribution in [0.25, 0.3) is 0 Å². The van der Waals surface area contributed by atoms with Gasteiger partial charge in [0, 0.05) is 17.2 Å². The zero-order valence-electron chi connectivity index (χ0n) is 6.36. The summed E-state index contributed by atoms with van der Waals surface area (Å²) in [5.74, 6) is 6.67. The monoisotopic (exact) mass is 184 g/mol. The van der Waals surface area contributed by atoms with Crippen molar-refractivity contribution in [1.82, 2.24) is 0 Å². The Bertz CT molecular complexity index is 277. The highest BCUT2D eigenvalue weighted by Crippen LogP contribution is 2.13. The van der Waals surface area contributed by atoms with E-state index in [-0.39, 0.29) is 0 Å². The van der Waals surface area contributed by atoms with E-state index in [9.17, 15) is 0 Å². The maximum atomic E-state index is 5.47. The van der Waals surface area contributed by atoms with Crippen LogP contribution in [0.15, 0.2) is 12.1 Å². The van der Waals surface area contributed by atoms with Gasteiger partial charge < -0.3 is 0 Å². The largest absolute Gasteiger partial charge is 0.132 e. The van der Waals surface area contributed by atoms with E-state index in [4.69, 9.17) is 11.6 Å². The molecule has 0 saturated carbocycles. The summed E-state index contributed by atoms with van der Waals surface area (Å²) < 4.78 is 0. The van der Waals surface area contributed by atoms with E-state index in [1.807, 2.05) is 6.07 Å². The minimum atomic E-state index is 0.622. The Kier molecular flexibility index (Phi) is 3.48. The third-order valence-corrected chi connectivity index (χ3v) is 2.28. The molecule has 0 aliphatic carbocycles. The van der Waals surface area contributed by atoms with Gasteiger partial charge >= 0.3 is 0 Å². The fraction of sp³-hybridized carbons (Fsp3) is 0.333. The summed E-state index contributed by atoms with van der Waals surface area (Å²) in [7, 11) is 0. The Hall–Kier alpha value is -0.450. The van der Waals surface area contributed by atoms with Crippen LogP contribution in [0, 0.1) is 18.8 Å². The third-order valence-electron chi connectivity index (χ3n) is 1.17. The van der Waals surface area contributed by atoms with Gasteiger partial charge in [-0.2, -0.15) is 0 Å². The predicted octanol–water partition coefficient (Wildman–Crippen LogP) is 3.04. The maximum absolute atomic E-state index is 5.47. The molecule has 2 heteroatoms. The molecule has 0 radical (unpaired) electrons. The van der Waals surface area contributed by atoms with Crippen molar-refractivity contribution in [3.63, 3.8) is 0 Å². The summed E-state index contributed by atoms with van der Waals surface area (Å²) in [4.78, 5) is 2.44. The number of halogens is 1. The molecule has 0 N–H and O–H groups in total. The van der Waals surface area contributed by atoms with Gasteiger partial charge in [0.05, 0.1) is 4.88 Å². The topological polar surface area (TPSA) is 0 Å². The van der Waals surface area contributed by atoms with Gasteiger partial charge in [-0.3, -0.25) is 0 Å². The summed E-state index contributed by atoms with van der Waals surface area (Å²) in [5, 5.41) is 0. The zero-order chi connectivity index (χ0) is 8.10. The lowest BCUT2D eigenvalue weighted by Gasteiger charge is -1.77. The Labute approximate surface area is 76.2 Å². The van der Waals surface area contributed by atoms with Crippen molar-refractivity contribution < 1.29 is 0 Å². The van der Waals surface area contributed by atoms with Crippen molar-refractivity contribution in [3.8, 4) is 11.8 Å². The van der Waals surface area contributed by atoms with E-state index in [2.05, 4.69) is 24.8 Å². The molecule has 58 valence electrons. The lowest BCUT2D eigenvalue weighted by Crippen LogP contribution is -1.66. The molecule has 1 aromatic rings. The smallest absolute Gasteiger partial charge is 0.0771 e. The summed E-state index contributed by atoms with van der Waals surface area (Å²) in [6.07, 6.45) is 0.776. The third kappa shape index (κ3) is 2.96. The molecular formula is C9H9ClS. The first-order valence-corrected chi connectivity index (χ1v) is 4.79. The Morgan fingerprint density at radius 1 is 1.55 bits per heavy atom. The van der Waals surface area contributed by atoms with Crippen LogP contribution in [-0.2, 0) is 0 Å². The second-order valence-electron chi connectivity index (χ2n) is 2.15. The summed E-state index contributed by atoms with van der Waals surface area (Å²) in [5.41, 5.74) is 0. The minimum absolute atomic E-state index is 0.622. The minimum Gasteiger partial charge on any atom is -0.132 e. The molecular weight excluding hydrogens is 176 g/mol. The molecule has 0 bridgehead atoms. The van der Waals surface area contributed by atoms with Gasteiger partial charge in [0.1, 0.15) is 0 Å². The molecule has 0 aliphatic rings. The van der Waals surface area contributed by atoms with Crippen molar-refractivity contribution in [2.45, 2.75) is 13.3 Å². The van der Waals surface area contributed by atoms with Gasteiger partial charge in [-0.25, -0.2) is 0 Å². The van der Waals surface area contributed by atoms with Crippen LogP contribution in [0.5, 0.6) is 0 Å². The molecule has 0 unspecified atom stereocenters. The number of rotatable bonds is 1. The molecule has 0 saturated heterocycles. The lowest BCUT2D eigenvalue weighted by atomic mass is 10.4. The molecule has 0 amide bonds. The van der Waals surface area contributed by atoms with Gasteiger partial charge in [0.25, 0.3) is 0 Å². The van der Waals surface area contributed by atoms with Gasteiger partial charge in [0.2, 0.25) is 0 Å². The van der Waals surface area contributed by atoms with Crippen LogP contribution in [0.4, 0.5) is 0 Å². The predicted molar refractivity (Wildman–Crippen MR) is 51.3 cm³/mol. The van der Waals surface area contributed by atoms with E-state index in [1.54, 1.807) is 11.3 Å². The zero-order valence-corrected chi connectivity index (χ0v) is 7.93. The van der Waals surface area contributed by atoms with Crippen LogP contribution < -0.4 is 0 Å². The van der Waals surface area contributed by atoms with E-state index >= 15 is 0 Å². The molecule has 0 atom stereocenters. The highest BCUT2D eigenvalue weighted by atomic mass is 35.5. The van der Waals surface area contributed by atoms with Crippen molar-refractivity contribution in [3.05, 3.63) is 21.9 Å². The van der Waals surface area contributed by atoms with E-state index in [1.165, 1.54) is 4.88 Å². The molecule has 1 aromatic heterocycles. The number of hydrogen-bond acceptors (Lipinski definition) is 1. The molecule has 1 rings (SSSR count). The van der Waals surface area contributed by atoms with Gasteiger partial charge in [-0.1, -0.05) is 11.8 Å². The second-order valence-corrected chi connectivity index (χ2v) is 3.82. The molecule has 0 nitrogen and oxygen atoms in total. The van der Waals surface area contributed by atoms with Crippen LogP contribution >= 0.6 is 22.9 Å². The first-order chi connectivity index (χ1) is 5.33. The SMILES string of the molecule is Cc1ccc(C#CCCCl)s1. The molecule has 0 fully saturated rings. The highest BCUT2D eigenvalue weighted by molar-refractivity contribution is 7.12. The van der Waals surface area contributed by atoms with Crippen LogP contribution in [0.2, 0.25) is 0 Å². The summed E-state index contributed by atoms with van der Waals surface area (Å²) in [6.45, 7) is 2.08. The van der Waals surface area contributed by atoms with Crippen LogP contribution in [0.3, 0.4) is 0 Å². The van der Waals surface area contributed by atoms with E-state index < -0.39 is 0 Å². The first-order valence-electron chi connectivity index (χ1n) is 3.44. The van der Waals surface area contributed by atoms with Crippen LogP contribution in [0.1, 0.15) is 16.2 Å². The molecule has 0 aromatic carbocycles. The highest BCUT2D eigenvalue weighted by Gasteiger charge is 1.89. The normalized spacial score (nSPS) is 8.91. The fourth-order valence-electron chi connectivity index (χ4n) is 0.699. The summed E-state index contributed by atoms with van der Waals surface area (Å²) in [6, 6.07) is 4.12. The Balaban J connectivity index is 2.59. The van der Waals surface area contributed by atoms with Crippen molar-refractivity contribution in [1.29, 1.82) is 0 Å². The second kappa shape index (κ2) is 4.43. The quantitative estimate of drug-likeness (QED) is 0.465. The maximum Gasteiger partial charge on any atom is 0.0771 e. The van der Waals surface area contributed by atoms with Crippen LogP contribution in [-0.4, -0.2) is 5.88 Å². The Morgan fingerprint density at radius 3 is 2.91 bits per heavy atom. The Morgan fingerprint density at radius 2 is 2.36 bits per heavy atom. The number of thiophene rings is 1. The average molecular weight is 185 g/mol. The van der Waals surface area contributed by atoms with Crippen molar-refractivity contribution >= 4 is 22.9 Å². The molecule has 11 heavy (non-hydrogen) atoms.